The summed E-state index contributed by atoms with van der Waals surface area (Å²) in [5.74, 6) is -0.0237. The van der Waals surface area contributed by atoms with Crippen LogP contribution < -0.4 is 10.2 Å². The molecule has 0 spiro atoms. The third-order valence-electron chi connectivity index (χ3n) is 3.76. The number of benzene rings is 1. The van der Waals surface area contributed by atoms with Gasteiger partial charge in [0.2, 0.25) is 11.8 Å². The number of anilines is 1. The number of hydrogen-bond acceptors (Lipinski definition) is 2. The molecule has 1 heterocycles. The van der Waals surface area contributed by atoms with E-state index >= 15 is 0 Å². The van der Waals surface area contributed by atoms with Gasteiger partial charge in [-0.3, -0.25) is 9.59 Å². The van der Waals surface area contributed by atoms with E-state index in [0.717, 1.165) is 22.1 Å². The van der Waals surface area contributed by atoms with Crippen LogP contribution in [0.5, 0.6) is 0 Å². The number of carbonyl (C=O) groups excluding carboxylic acids is 2. The van der Waals surface area contributed by atoms with Gasteiger partial charge in [-0.2, -0.15) is 0 Å². The summed E-state index contributed by atoms with van der Waals surface area (Å²) >= 11 is 3.48. The molecular weight excluding hydrogens is 320 g/mol. The topological polar surface area (TPSA) is 49.4 Å². The average molecular weight is 339 g/mol. The van der Waals surface area contributed by atoms with Gasteiger partial charge in [0.1, 0.15) is 12.6 Å². The Bertz CT molecular complexity index is 545. The summed E-state index contributed by atoms with van der Waals surface area (Å²) in [5, 5.41) is 2.80. The van der Waals surface area contributed by atoms with E-state index in [9.17, 15) is 9.59 Å². The summed E-state index contributed by atoms with van der Waals surface area (Å²) in [7, 11) is 0. The summed E-state index contributed by atoms with van der Waals surface area (Å²) in [4.78, 5) is 26.0. The molecule has 108 valence electrons. The minimum absolute atomic E-state index is 0.0384. The van der Waals surface area contributed by atoms with Crippen LogP contribution in [0.3, 0.4) is 0 Å². The van der Waals surface area contributed by atoms with Gasteiger partial charge in [-0.05, 0) is 46.5 Å². The van der Waals surface area contributed by atoms with Gasteiger partial charge >= 0.3 is 0 Å². The molecule has 1 aromatic carbocycles. The highest BCUT2D eigenvalue weighted by Gasteiger charge is 2.36. The third kappa shape index (κ3) is 2.87. The maximum atomic E-state index is 12.6. The zero-order valence-corrected chi connectivity index (χ0v) is 13.5. The molecule has 0 aliphatic carbocycles. The highest BCUT2D eigenvalue weighted by atomic mass is 79.9. The highest BCUT2D eigenvalue weighted by Crippen LogP contribution is 2.29. The summed E-state index contributed by atoms with van der Waals surface area (Å²) in [6.45, 7) is 6.07. The Hall–Kier alpha value is -1.36. The van der Waals surface area contributed by atoms with Crippen molar-refractivity contribution in [3.8, 4) is 0 Å². The van der Waals surface area contributed by atoms with Gasteiger partial charge in [0.15, 0.2) is 0 Å². The van der Waals surface area contributed by atoms with Gasteiger partial charge in [0.05, 0.1) is 5.69 Å². The molecule has 0 bridgehead atoms. The maximum absolute atomic E-state index is 12.6. The molecule has 1 aliphatic rings. The van der Waals surface area contributed by atoms with E-state index in [1.54, 1.807) is 4.90 Å². The lowest BCUT2D eigenvalue weighted by Crippen LogP contribution is -2.60. The molecule has 0 radical (unpaired) electrons. The van der Waals surface area contributed by atoms with Crippen LogP contribution in [0.2, 0.25) is 0 Å². The van der Waals surface area contributed by atoms with Crippen molar-refractivity contribution in [3.05, 3.63) is 28.2 Å². The van der Waals surface area contributed by atoms with E-state index in [1.165, 1.54) is 0 Å². The van der Waals surface area contributed by atoms with Crippen LogP contribution in [0.25, 0.3) is 0 Å². The third-order valence-corrected chi connectivity index (χ3v) is 4.39. The first kappa shape index (κ1) is 15.0. The number of carbonyl (C=O) groups is 2. The van der Waals surface area contributed by atoms with Crippen molar-refractivity contribution in [1.82, 2.24) is 5.32 Å². The highest BCUT2D eigenvalue weighted by molar-refractivity contribution is 9.10. The van der Waals surface area contributed by atoms with Crippen LogP contribution in [-0.2, 0) is 9.59 Å². The lowest BCUT2D eigenvalue weighted by molar-refractivity contribution is -0.132. The number of aryl methyl sites for hydroxylation is 1. The van der Waals surface area contributed by atoms with E-state index in [-0.39, 0.29) is 24.3 Å². The van der Waals surface area contributed by atoms with E-state index in [1.807, 2.05) is 39.0 Å². The molecule has 5 heteroatoms. The first-order chi connectivity index (χ1) is 9.43. The largest absolute Gasteiger partial charge is 0.342 e. The van der Waals surface area contributed by atoms with E-state index < -0.39 is 6.04 Å². The minimum Gasteiger partial charge on any atom is -0.342 e. The number of hydrogen-bond donors (Lipinski definition) is 1. The fourth-order valence-corrected chi connectivity index (χ4v) is 3.03. The normalized spacial score (nSPS) is 20.8. The molecule has 2 unspecified atom stereocenters. The number of nitrogens with one attached hydrogen (secondary N) is 1. The second-order valence-corrected chi connectivity index (χ2v) is 6.16. The summed E-state index contributed by atoms with van der Waals surface area (Å²) in [6, 6.07) is 5.34. The second-order valence-electron chi connectivity index (χ2n) is 5.31. The van der Waals surface area contributed by atoms with Gasteiger partial charge in [-0.1, -0.05) is 26.3 Å². The molecule has 1 saturated heterocycles. The van der Waals surface area contributed by atoms with Crippen LogP contribution in [0.1, 0.15) is 25.8 Å². The zero-order valence-electron chi connectivity index (χ0n) is 11.9. The molecule has 4 nitrogen and oxygen atoms in total. The number of nitrogens with zero attached hydrogens (tertiary/aromatic N) is 1. The Labute approximate surface area is 127 Å². The predicted octanol–water partition coefficient (Wildman–Crippen LogP) is 2.64. The molecule has 2 amide bonds. The Balaban J connectivity index is 2.35. The first-order valence-corrected chi connectivity index (χ1v) is 7.60. The van der Waals surface area contributed by atoms with Gasteiger partial charge in [-0.25, -0.2) is 0 Å². The molecule has 2 rings (SSSR count). The van der Waals surface area contributed by atoms with Crippen LogP contribution in [0.4, 0.5) is 5.69 Å². The average Bonchev–Trinajstić information content (AvgIpc) is 2.40. The number of rotatable bonds is 3. The van der Waals surface area contributed by atoms with Gasteiger partial charge < -0.3 is 10.2 Å². The van der Waals surface area contributed by atoms with Crippen molar-refractivity contribution in [3.63, 3.8) is 0 Å². The maximum Gasteiger partial charge on any atom is 0.250 e. The predicted molar refractivity (Wildman–Crippen MR) is 82.6 cm³/mol. The quantitative estimate of drug-likeness (QED) is 0.920. The molecular formula is C15H19BrN2O2. The monoisotopic (exact) mass is 338 g/mol. The van der Waals surface area contributed by atoms with Crippen LogP contribution in [-0.4, -0.2) is 24.4 Å². The molecule has 0 aromatic heterocycles. The Morgan fingerprint density at radius 3 is 2.75 bits per heavy atom. The van der Waals surface area contributed by atoms with Gasteiger partial charge in [0.25, 0.3) is 0 Å². The number of piperazine rings is 1. The van der Waals surface area contributed by atoms with Crippen molar-refractivity contribution < 1.29 is 9.59 Å². The van der Waals surface area contributed by atoms with E-state index in [0.29, 0.717) is 0 Å². The van der Waals surface area contributed by atoms with Gasteiger partial charge in [0, 0.05) is 4.47 Å². The van der Waals surface area contributed by atoms with Crippen molar-refractivity contribution >= 4 is 33.4 Å². The van der Waals surface area contributed by atoms with Crippen molar-refractivity contribution in [1.29, 1.82) is 0 Å². The lowest BCUT2D eigenvalue weighted by Gasteiger charge is -2.35. The molecule has 0 saturated carbocycles. The van der Waals surface area contributed by atoms with Crippen LogP contribution in [0, 0.1) is 12.8 Å². The molecule has 20 heavy (non-hydrogen) atoms. The van der Waals surface area contributed by atoms with Crippen LogP contribution >= 0.6 is 15.9 Å². The molecule has 1 aromatic rings. The van der Waals surface area contributed by atoms with Gasteiger partial charge in [-0.15, -0.1) is 0 Å². The first-order valence-electron chi connectivity index (χ1n) is 6.81. The van der Waals surface area contributed by atoms with Crippen molar-refractivity contribution in [2.45, 2.75) is 33.2 Å². The minimum atomic E-state index is -0.436. The Morgan fingerprint density at radius 2 is 2.15 bits per heavy atom. The number of halogens is 1. The smallest absolute Gasteiger partial charge is 0.250 e. The second kappa shape index (κ2) is 5.95. The molecule has 2 atom stereocenters. The Kier molecular flexibility index (Phi) is 4.48. The SMILES string of the molecule is CCC(C)C1NC(=O)CN(c2ccc(C)cc2Br)C1=O. The fraction of sp³-hybridized carbons (Fsp3) is 0.467. The zero-order chi connectivity index (χ0) is 14.9. The standard InChI is InChI=1S/C15H19BrN2O2/c1-4-10(3)14-15(20)18(8-13(19)17-14)12-6-5-9(2)7-11(12)16/h5-7,10,14H,4,8H2,1-3H3,(H,17,19). The lowest BCUT2D eigenvalue weighted by atomic mass is 9.96. The van der Waals surface area contributed by atoms with Crippen molar-refractivity contribution in [2.24, 2.45) is 5.92 Å². The summed E-state index contributed by atoms with van der Waals surface area (Å²) < 4.78 is 0.837. The molecule has 1 fully saturated rings. The molecule has 1 N–H and O–H groups in total. The summed E-state index contributed by atoms with van der Waals surface area (Å²) in [5.41, 5.74) is 1.86. The van der Waals surface area contributed by atoms with Crippen molar-refractivity contribution in [2.75, 3.05) is 11.4 Å². The Morgan fingerprint density at radius 1 is 1.45 bits per heavy atom. The van der Waals surface area contributed by atoms with E-state index in [2.05, 4.69) is 21.2 Å². The van der Waals surface area contributed by atoms with Crippen LogP contribution in [0.15, 0.2) is 22.7 Å². The van der Waals surface area contributed by atoms with E-state index in [4.69, 9.17) is 0 Å². The fourth-order valence-electron chi connectivity index (χ4n) is 2.33. The number of amides is 2. The molecule has 1 aliphatic heterocycles. The summed E-state index contributed by atoms with van der Waals surface area (Å²) in [6.07, 6.45) is 0.847.